The maximum absolute atomic E-state index is 12.7. The molecule has 128 valence electrons. The third-order valence-electron chi connectivity index (χ3n) is 4.68. The molecular weight excluding hydrogens is 378 g/mol. The van der Waals surface area contributed by atoms with E-state index in [0.717, 1.165) is 15.6 Å². The Kier molecular flexibility index (Phi) is 5.52. The van der Waals surface area contributed by atoms with E-state index in [2.05, 4.69) is 26.9 Å². The summed E-state index contributed by atoms with van der Waals surface area (Å²) in [6, 6.07) is 17.7. The van der Waals surface area contributed by atoms with Gasteiger partial charge in [-0.2, -0.15) is 5.26 Å². The highest BCUT2D eigenvalue weighted by Gasteiger charge is 2.28. The SMILES string of the molecule is Cc1ccccc1C(C#N)N1CCN(C(=O)c2ccccc2Br)CC1. The van der Waals surface area contributed by atoms with Gasteiger partial charge in [-0.15, -0.1) is 0 Å². The second-order valence-corrected chi connectivity index (χ2v) is 7.05. The molecule has 1 amide bonds. The highest BCUT2D eigenvalue weighted by molar-refractivity contribution is 9.10. The van der Waals surface area contributed by atoms with Crippen LogP contribution in [0.4, 0.5) is 0 Å². The van der Waals surface area contributed by atoms with Crippen LogP contribution in [0.3, 0.4) is 0 Å². The lowest BCUT2D eigenvalue weighted by atomic mass is 10.0. The molecule has 1 fully saturated rings. The molecule has 2 aromatic rings. The van der Waals surface area contributed by atoms with Crippen molar-refractivity contribution in [3.63, 3.8) is 0 Å². The summed E-state index contributed by atoms with van der Waals surface area (Å²) in [7, 11) is 0. The van der Waals surface area contributed by atoms with E-state index in [4.69, 9.17) is 0 Å². The lowest BCUT2D eigenvalue weighted by Crippen LogP contribution is -2.49. The van der Waals surface area contributed by atoms with Crippen molar-refractivity contribution in [2.45, 2.75) is 13.0 Å². The van der Waals surface area contributed by atoms with Gasteiger partial charge in [0.05, 0.1) is 11.6 Å². The zero-order valence-corrected chi connectivity index (χ0v) is 15.7. The number of aryl methyl sites for hydroxylation is 1. The Bertz CT molecular complexity index is 807. The molecule has 1 aliphatic rings. The van der Waals surface area contributed by atoms with Gasteiger partial charge in [0.2, 0.25) is 0 Å². The molecule has 4 nitrogen and oxygen atoms in total. The Hall–Kier alpha value is -2.16. The smallest absolute Gasteiger partial charge is 0.255 e. The third-order valence-corrected chi connectivity index (χ3v) is 5.37. The van der Waals surface area contributed by atoms with Crippen LogP contribution in [-0.4, -0.2) is 41.9 Å². The van der Waals surface area contributed by atoms with Gasteiger partial charge in [-0.25, -0.2) is 0 Å². The van der Waals surface area contributed by atoms with Gasteiger partial charge >= 0.3 is 0 Å². The average Bonchev–Trinajstić information content (AvgIpc) is 2.64. The van der Waals surface area contributed by atoms with Crippen LogP contribution >= 0.6 is 15.9 Å². The van der Waals surface area contributed by atoms with E-state index < -0.39 is 0 Å². The number of hydrogen-bond donors (Lipinski definition) is 0. The van der Waals surface area contributed by atoms with Gasteiger partial charge < -0.3 is 4.90 Å². The summed E-state index contributed by atoms with van der Waals surface area (Å²) >= 11 is 3.45. The number of nitrogens with zero attached hydrogens (tertiary/aromatic N) is 3. The molecule has 25 heavy (non-hydrogen) atoms. The Morgan fingerprint density at radius 2 is 1.72 bits per heavy atom. The number of amides is 1. The van der Waals surface area contributed by atoms with E-state index in [1.54, 1.807) is 0 Å². The van der Waals surface area contributed by atoms with Crippen LogP contribution in [0.2, 0.25) is 0 Å². The first kappa shape index (κ1) is 17.7. The first-order valence-corrected chi connectivity index (χ1v) is 9.14. The molecule has 3 rings (SSSR count). The topological polar surface area (TPSA) is 47.3 Å². The van der Waals surface area contributed by atoms with Crippen molar-refractivity contribution in [2.75, 3.05) is 26.2 Å². The second kappa shape index (κ2) is 7.81. The molecule has 1 unspecified atom stereocenters. The number of benzene rings is 2. The van der Waals surface area contributed by atoms with Gasteiger partial charge in [-0.05, 0) is 46.1 Å². The highest BCUT2D eigenvalue weighted by atomic mass is 79.9. The van der Waals surface area contributed by atoms with E-state index in [1.807, 2.05) is 60.4 Å². The molecule has 2 aromatic carbocycles. The molecule has 0 N–H and O–H groups in total. The van der Waals surface area contributed by atoms with Crippen LogP contribution in [0.1, 0.15) is 27.5 Å². The zero-order valence-electron chi connectivity index (χ0n) is 14.2. The van der Waals surface area contributed by atoms with Crippen molar-refractivity contribution < 1.29 is 4.79 Å². The predicted octanol–water partition coefficient (Wildman–Crippen LogP) is 3.78. The van der Waals surface area contributed by atoms with E-state index in [9.17, 15) is 10.1 Å². The summed E-state index contributed by atoms with van der Waals surface area (Å²) < 4.78 is 0.817. The van der Waals surface area contributed by atoms with Crippen molar-refractivity contribution in [3.8, 4) is 6.07 Å². The van der Waals surface area contributed by atoms with E-state index in [0.29, 0.717) is 31.7 Å². The summed E-state index contributed by atoms with van der Waals surface area (Å²) in [6.45, 7) is 4.69. The average molecular weight is 398 g/mol. The normalized spacial score (nSPS) is 16.3. The minimum absolute atomic E-state index is 0.0384. The Morgan fingerprint density at radius 1 is 1.08 bits per heavy atom. The van der Waals surface area contributed by atoms with Gasteiger partial charge in [-0.1, -0.05) is 36.4 Å². The Balaban J connectivity index is 1.69. The van der Waals surface area contributed by atoms with Gasteiger partial charge in [0.25, 0.3) is 5.91 Å². The maximum atomic E-state index is 12.7. The number of rotatable bonds is 3. The number of halogens is 1. The molecule has 5 heteroatoms. The molecular formula is C20H20BrN3O. The van der Waals surface area contributed by atoms with Gasteiger partial charge in [-0.3, -0.25) is 9.69 Å². The fraction of sp³-hybridized carbons (Fsp3) is 0.300. The fourth-order valence-corrected chi connectivity index (χ4v) is 3.68. The molecule has 1 saturated heterocycles. The van der Waals surface area contributed by atoms with Crippen molar-refractivity contribution >= 4 is 21.8 Å². The third kappa shape index (κ3) is 3.76. The minimum atomic E-state index is -0.262. The molecule has 0 aromatic heterocycles. The van der Waals surface area contributed by atoms with Crippen LogP contribution in [0.5, 0.6) is 0 Å². The maximum Gasteiger partial charge on any atom is 0.255 e. The van der Waals surface area contributed by atoms with Crippen molar-refractivity contribution in [1.29, 1.82) is 5.26 Å². The van der Waals surface area contributed by atoms with Crippen LogP contribution in [0.15, 0.2) is 53.0 Å². The number of carbonyl (C=O) groups is 1. The lowest BCUT2D eigenvalue weighted by Gasteiger charge is -2.37. The Labute approximate surface area is 156 Å². The summed E-state index contributed by atoms with van der Waals surface area (Å²) in [5.74, 6) is 0.0384. The summed E-state index contributed by atoms with van der Waals surface area (Å²) in [4.78, 5) is 16.7. The predicted molar refractivity (Wildman–Crippen MR) is 101 cm³/mol. The quantitative estimate of drug-likeness (QED) is 0.791. The standard InChI is InChI=1S/C20H20BrN3O/c1-15-6-2-3-7-16(15)19(14-22)23-10-12-24(13-11-23)20(25)17-8-4-5-9-18(17)21/h2-9,19H,10-13H2,1H3. The molecule has 1 aliphatic heterocycles. The number of piperazine rings is 1. The van der Waals surface area contributed by atoms with Crippen LogP contribution in [0.25, 0.3) is 0 Å². The minimum Gasteiger partial charge on any atom is -0.336 e. The summed E-state index contributed by atoms with van der Waals surface area (Å²) in [5.41, 5.74) is 2.86. The summed E-state index contributed by atoms with van der Waals surface area (Å²) in [6.07, 6.45) is 0. The van der Waals surface area contributed by atoms with Crippen LogP contribution in [0, 0.1) is 18.3 Å². The monoisotopic (exact) mass is 397 g/mol. The van der Waals surface area contributed by atoms with Crippen molar-refractivity contribution in [2.24, 2.45) is 0 Å². The number of carbonyl (C=O) groups excluding carboxylic acids is 1. The first-order chi connectivity index (χ1) is 12.1. The van der Waals surface area contributed by atoms with Crippen molar-refractivity contribution in [1.82, 2.24) is 9.80 Å². The van der Waals surface area contributed by atoms with Gasteiger partial charge in [0.1, 0.15) is 6.04 Å². The molecule has 0 radical (unpaired) electrons. The van der Waals surface area contributed by atoms with Crippen LogP contribution < -0.4 is 0 Å². The van der Waals surface area contributed by atoms with Crippen molar-refractivity contribution in [3.05, 3.63) is 69.7 Å². The molecule has 0 bridgehead atoms. The lowest BCUT2D eigenvalue weighted by molar-refractivity contribution is 0.0605. The Morgan fingerprint density at radius 3 is 2.36 bits per heavy atom. The fourth-order valence-electron chi connectivity index (χ4n) is 3.23. The molecule has 0 aliphatic carbocycles. The largest absolute Gasteiger partial charge is 0.336 e. The van der Waals surface area contributed by atoms with Gasteiger partial charge in [0.15, 0.2) is 0 Å². The van der Waals surface area contributed by atoms with E-state index in [1.165, 1.54) is 0 Å². The number of nitriles is 1. The second-order valence-electron chi connectivity index (χ2n) is 6.20. The number of hydrogen-bond acceptors (Lipinski definition) is 3. The van der Waals surface area contributed by atoms with Gasteiger partial charge in [0, 0.05) is 30.7 Å². The molecule has 1 heterocycles. The molecule has 0 saturated carbocycles. The zero-order chi connectivity index (χ0) is 17.8. The van der Waals surface area contributed by atoms with E-state index >= 15 is 0 Å². The van der Waals surface area contributed by atoms with Crippen LogP contribution in [-0.2, 0) is 0 Å². The molecule has 1 atom stereocenters. The highest BCUT2D eigenvalue weighted by Crippen LogP contribution is 2.25. The molecule has 0 spiro atoms. The van der Waals surface area contributed by atoms with E-state index in [-0.39, 0.29) is 11.9 Å². The first-order valence-electron chi connectivity index (χ1n) is 8.35. The summed E-state index contributed by atoms with van der Waals surface area (Å²) in [5, 5.41) is 9.67.